The maximum Gasteiger partial charge on any atom is 0.392 e. The molecule has 0 aromatic heterocycles. The topological polar surface area (TPSA) is 26.0 Å². The molecular formula is C6H10F3N. The van der Waals surface area contributed by atoms with Gasteiger partial charge >= 0.3 is 6.18 Å². The standard InChI is InChI=1S/C6H10F3N/c7-6(8,9)5-2-1-4(5)3-10/h4-5H,1-3,10H2/t4-,5+/m0/s1. The van der Waals surface area contributed by atoms with E-state index >= 15 is 0 Å². The number of alkyl halides is 3. The van der Waals surface area contributed by atoms with Crippen molar-refractivity contribution >= 4 is 0 Å². The van der Waals surface area contributed by atoms with E-state index in [2.05, 4.69) is 0 Å². The van der Waals surface area contributed by atoms with Gasteiger partial charge < -0.3 is 5.73 Å². The molecule has 0 aromatic carbocycles. The minimum atomic E-state index is -4.01. The van der Waals surface area contributed by atoms with Crippen molar-refractivity contribution in [3.63, 3.8) is 0 Å². The van der Waals surface area contributed by atoms with Gasteiger partial charge in [0.2, 0.25) is 0 Å². The smallest absolute Gasteiger partial charge is 0.330 e. The van der Waals surface area contributed by atoms with E-state index in [1.165, 1.54) is 0 Å². The van der Waals surface area contributed by atoms with Gasteiger partial charge in [-0.15, -0.1) is 0 Å². The first-order chi connectivity index (χ1) is 4.55. The molecule has 0 heterocycles. The summed E-state index contributed by atoms with van der Waals surface area (Å²) in [5.74, 6) is -1.42. The first kappa shape index (κ1) is 7.85. The quantitative estimate of drug-likeness (QED) is 0.607. The minimum Gasteiger partial charge on any atom is -0.330 e. The summed E-state index contributed by atoms with van der Waals surface area (Å²) >= 11 is 0. The Balaban J connectivity index is 2.43. The molecule has 0 aromatic rings. The molecule has 0 aliphatic heterocycles. The second kappa shape index (κ2) is 2.42. The Morgan fingerprint density at radius 3 is 2.00 bits per heavy atom. The van der Waals surface area contributed by atoms with Gasteiger partial charge in [-0.2, -0.15) is 13.2 Å². The van der Waals surface area contributed by atoms with E-state index in [1.54, 1.807) is 0 Å². The van der Waals surface area contributed by atoms with Gasteiger partial charge in [-0.25, -0.2) is 0 Å². The molecular weight excluding hydrogens is 143 g/mol. The number of hydrogen-bond donors (Lipinski definition) is 1. The van der Waals surface area contributed by atoms with Crippen molar-refractivity contribution in [2.45, 2.75) is 19.0 Å². The molecule has 1 saturated carbocycles. The summed E-state index contributed by atoms with van der Waals surface area (Å²) in [6.07, 6.45) is -3.10. The number of nitrogens with two attached hydrogens (primary N) is 1. The van der Waals surface area contributed by atoms with Crippen LogP contribution in [0.1, 0.15) is 12.8 Å². The number of hydrogen-bond acceptors (Lipinski definition) is 1. The van der Waals surface area contributed by atoms with Crippen molar-refractivity contribution < 1.29 is 13.2 Å². The lowest BCUT2D eigenvalue weighted by Crippen LogP contribution is -2.41. The van der Waals surface area contributed by atoms with Crippen LogP contribution >= 0.6 is 0 Å². The van der Waals surface area contributed by atoms with Gasteiger partial charge in [0.1, 0.15) is 0 Å². The molecule has 1 nitrogen and oxygen atoms in total. The Morgan fingerprint density at radius 1 is 1.30 bits per heavy atom. The Morgan fingerprint density at radius 2 is 1.90 bits per heavy atom. The molecule has 2 atom stereocenters. The summed E-state index contributed by atoms with van der Waals surface area (Å²) in [6, 6.07) is 0. The lowest BCUT2D eigenvalue weighted by molar-refractivity contribution is -0.211. The van der Waals surface area contributed by atoms with Crippen molar-refractivity contribution in [3.8, 4) is 0 Å². The Hall–Kier alpha value is -0.250. The van der Waals surface area contributed by atoms with Crippen LogP contribution in [-0.4, -0.2) is 12.7 Å². The van der Waals surface area contributed by atoms with E-state index < -0.39 is 12.1 Å². The third-order valence-corrected chi connectivity index (χ3v) is 2.14. The van der Waals surface area contributed by atoms with Gasteiger partial charge in [0, 0.05) is 0 Å². The van der Waals surface area contributed by atoms with Crippen LogP contribution in [0, 0.1) is 11.8 Å². The van der Waals surface area contributed by atoms with Crippen LogP contribution in [0.5, 0.6) is 0 Å². The summed E-state index contributed by atoms with van der Waals surface area (Å²) in [7, 11) is 0. The maximum atomic E-state index is 11.9. The molecule has 1 rings (SSSR count). The van der Waals surface area contributed by atoms with Crippen LogP contribution in [0.25, 0.3) is 0 Å². The Labute approximate surface area is 57.4 Å². The molecule has 0 bridgehead atoms. The SMILES string of the molecule is NC[C@@H]1CC[C@H]1C(F)(F)F. The van der Waals surface area contributed by atoms with Crippen LogP contribution in [0.2, 0.25) is 0 Å². The van der Waals surface area contributed by atoms with Crippen LogP contribution in [0.4, 0.5) is 13.2 Å². The Bertz CT molecular complexity index is 119. The van der Waals surface area contributed by atoms with Crippen LogP contribution in [0.3, 0.4) is 0 Å². The van der Waals surface area contributed by atoms with Gasteiger partial charge in [0.15, 0.2) is 0 Å². The minimum absolute atomic E-state index is 0.171. The van der Waals surface area contributed by atoms with E-state index in [4.69, 9.17) is 5.73 Å². The third-order valence-electron chi connectivity index (χ3n) is 2.14. The molecule has 0 unspecified atom stereocenters. The lowest BCUT2D eigenvalue weighted by atomic mass is 9.73. The van der Waals surface area contributed by atoms with E-state index in [-0.39, 0.29) is 18.9 Å². The molecule has 1 aliphatic carbocycles. The highest BCUT2D eigenvalue weighted by Crippen LogP contribution is 2.44. The average molecular weight is 153 g/mol. The average Bonchev–Trinajstić information content (AvgIpc) is 1.57. The highest BCUT2D eigenvalue weighted by molar-refractivity contribution is 4.85. The second-order valence-corrected chi connectivity index (χ2v) is 2.72. The molecule has 10 heavy (non-hydrogen) atoms. The van der Waals surface area contributed by atoms with Crippen molar-refractivity contribution in [2.24, 2.45) is 17.6 Å². The summed E-state index contributed by atoms with van der Waals surface area (Å²) < 4.78 is 35.6. The van der Waals surface area contributed by atoms with Crippen molar-refractivity contribution in [3.05, 3.63) is 0 Å². The first-order valence-corrected chi connectivity index (χ1v) is 3.32. The molecule has 0 saturated heterocycles. The molecule has 1 fully saturated rings. The summed E-state index contributed by atoms with van der Waals surface area (Å²) in [4.78, 5) is 0. The zero-order valence-corrected chi connectivity index (χ0v) is 5.49. The van der Waals surface area contributed by atoms with Gasteiger partial charge in [0.05, 0.1) is 5.92 Å². The number of rotatable bonds is 1. The van der Waals surface area contributed by atoms with E-state index in [0.717, 1.165) is 0 Å². The molecule has 2 N–H and O–H groups in total. The van der Waals surface area contributed by atoms with Crippen LogP contribution in [-0.2, 0) is 0 Å². The van der Waals surface area contributed by atoms with Crippen molar-refractivity contribution in [1.29, 1.82) is 0 Å². The molecule has 1 aliphatic rings. The van der Waals surface area contributed by atoms with Crippen molar-refractivity contribution in [1.82, 2.24) is 0 Å². The maximum absolute atomic E-state index is 11.9. The van der Waals surface area contributed by atoms with E-state index in [0.29, 0.717) is 6.42 Å². The van der Waals surface area contributed by atoms with Crippen molar-refractivity contribution in [2.75, 3.05) is 6.54 Å². The fraction of sp³-hybridized carbons (Fsp3) is 1.00. The monoisotopic (exact) mass is 153 g/mol. The predicted molar refractivity (Wildman–Crippen MR) is 31.3 cm³/mol. The Kier molecular flexibility index (Phi) is 1.90. The van der Waals surface area contributed by atoms with Gasteiger partial charge in [-0.3, -0.25) is 0 Å². The number of halogens is 3. The van der Waals surface area contributed by atoms with Gasteiger partial charge in [-0.05, 0) is 25.3 Å². The van der Waals surface area contributed by atoms with Gasteiger partial charge in [0.25, 0.3) is 0 Å². The zero-order chi connectivity index (χ0) is 7.78. The highest BCUT2D eigenvalue weighted by atomic mass is 19.4. The fourth-order valence-corrected chi connectivity index (χ4v) is 1.28. The molecule has 0 radical (unpaired) electrons. The van der Waals surface area contributed by atoms with Crippen LogP contribution in [0.15, 0.2) is 0 Å². The first-order valence-electron chi connectivity index (χ1n) is 3.32. The lowest BCUT2D eigenvalue weighted by Gasteiger charge is -2.36. The van der Waals surface area contributed by atoms with Crippen LogP contribution < -0.4 is 5.73 Å². The highest BCUT2D eigenvalue weighted by Gasteiger charge is 2.48. The zero-order valence-electron chi connectivity index (χ0n) is 5.49. The predicted octanol–water partition coefficient (Wildman–Crippen LogP) is 1.53. The fourth-order valence-electron chi connectivity index (χ4n) is 1.28. The summed E-state index contributed by atoms with van der Waals surface area (Å²) in [5.41, 5.74) is 5.12. The molecule has 0 spiro atoms. The second-order valence-electron chi connectivity index (χ2n) is 2.72. The largest absolute Gasteiger partial charge is 0.392 e. The molecule has 0 amide bonds. The molecule has 60 valence electrons. The van der Waals surface area contributed by atoms with Gasteiger partial charge in [-0.1, -0.05) is 0 Å². The third kappa shape index (κ3) is 1.26. The summed E-state index contributed by atoms with van der Waals surface area (Å²) in [6.45, 7) is 0.171. The van der Waals surface area contributed by atoms with E-state index in [1.807, 2.05) is 0 Å². The normalized spacial score (nSPS) is 33.6. The molecule has 4 heteroatoms. The summed E-state index contributed by atoms with van der Waals surface area (Å²) in [5, 5.41) is 0. The van der Waals surface area contributed by atoms with E-state index in [9.17, 15) is 13.2 Å².